The predicted molar refractivity (Wildman–Crippen MR) is 99.2 cm³/mol. The van der Waals surface area contributed by atoms with Gasteiger partial charge in [0.1, 0.15) is 12.0 Å². The van der Waals surface area contributed by atoms with Crippen molar-refractivity contribution in [2.45, 2.75) is 6.54 Å². The van der Waals surface area contributed by atoms with E-state index in [1.54, 1.807) is 19.6 Å². The minimum absolute atomic E-state index is 0.618. The van der Waals surface area contributed by atoms with Gasteiger partial charge in [-0.15, -0.1) is 10.2 Å². The Bertz CT molecular complexity index is 961. The fourth-order valence-corrected chi connectivity index (χ4v) is 2.70. The molecule has 0 saturated carbocycles. The van der Waals surface area contributed by atoms with E-state index < -0.39 is 0 Å². The number of nitrogens with zero attached hydrogens (tertiary/aromatic N) is 3. The number of hydrogen-bond acceptors (Lipinski definition) is 5. The van der Waals surface area contributed by atoms with Gasteiger partial charge in [-0.1, -0.05) is 42.5 Å². The van der Waals surface area contributed by atoms with Crippen LogP contribution < -0.4 is 10.2 Å². The van der Waals surface area contributed by atoms with Gasteiger partial charge in [-0.25, -0.2) is 4.68 Å². The quantitative estimate of drug-likeness (QED) is 0.572. The third kappa shape index (κ3) is 3.17. The lowest BCUT2D eigenvalue weighted by molar-refractivity contribution is 0.414. The summed E-state index contributed by atoms with van der Waals surface area (Å²) in [4.78, 5) is 0. The second kappa shape index (κ2) is 7.14. The van der Waals surface area contributed by atoms with E-state index in [4.69, 9.17) is 9.15 Å². The molecular weight excluding hydrogens is 328 g/mol. The van der Waals surface area contributed by atoms with Gasteiger partial charge in [0, 0.05) is 5.56 Å². The lowest BCUT2D eigenvalue weighted by atomic mass is 10.2. The molecule has 0 fully saturated rings. The van der Waals surface area contributed by atoms with Crippen LogP contribution in [-0.4, -0.2) is 22.0 Å². The van der Waals surface area contributed by atoms with Crippen molar-refractivity contribution in [3.8, 4) is 28.5 Å². The molecule has 0 atom stereocenters. The number of nitrogens with one attached hydrogen (secondary N) is 1. The Morgan fingerprint density at radius 3 is 2.31 bits per heavy atom. The van der Waals surface area contributed by atoms with Gasteiger partial charge in [0.05, 0.1) is 25.5 Å². The van der Waals surface area contributed by atoms with Crippen LogP contribution in [-0.2, 0) is 6.54 Å². The Kier molecular flexibility index (Phi) is 4.38. The van der Waals surface area contributed by atoms with Gasteiger partial charge >= 0.3 is 0 Å². The predicted octanol–water partition coefficient (Wildman–Crippen LogP) is 3.96. The van der Waals surface area contributed by atoms with Crippen molar-refractivity contribution in [1.29, 1.82) is 0 Å². The first-order valence-corrected chi connectivity index (χ1v) is 8.25. The Morgan fingerprint density at radius 2 is 1.65 bits per heavy atom. The molecule has 26 heavy (non-hydrogen) atoms. The van der Waals surface area contributed by atoms with E-state index in [2.05, 4.69) is 15.6 Å². The maximum atomic E-state index is 5.21. The molecule has 0 saturated heterocycles. The summed E-state index contributed by atoms with van der Waals surface area (Å²) in [7, 11) is 1.66. The van der Waals surface area contributed by atoms with Crippen molar-refractivity contribution in [1.82, 2.24) is 14.9 Å². The number of furan rings is 1. The summed E-state index contributed by atoms with van der Waals surface area (Å²) in [6.45, 7) is 0.618. The third-order valence-corrected chi connectivity index (χ3v) is 4.07. The highest BCUT2D eigenvalue weighted by molar-refractivity contribution is 5.62. The Balaban J connectivity index is 1.66. The first-order valence-electron chi connectivity index (χ1n) is 8.25. The molecule has 0 radical (unpaired) electrons. The van der Waals surface area contributed by atoms with Crippen molar-refractivity contribution in [2.75, 3.05) is 12.5 Å². The van der Waals surface area contributed by atoms with Crippen molar-refractivity contribution in [3.63, 3.8) is 0 Å². The zero-order valence-corrected chi connectivity index (χ0v) is 14.3. The Labute approximate surface area is 151 Å². The number of methoxy groups -OCH3 is 1. The van der Waals surface area contributed by atoms with E-state index in [1.807, 2.05) is 65.3 Å². The topological polar surface area (TPSA) is 65.1 Å². The van der Waals surface area contributed by atoms with Crippen molar-refractivity contribution < 1.29 is 9.15 Å². The molecule has 0 aliphatic carbocycles. The summed E-state index contributed by atoms with van der Waals surface area (Å²) in [5, 5.41) is 8.72. The number of rotatable bonds is 6. The molecule has 0 bridgehead atoms. The average Bonchev–Trinajstić information content (AvgIpc) is 3.37. The summed E-state index contributed by atoms with van der Waals surface area (Å²) in [5.41, 5.74) is 6.38. The zero-order chi connectivity index (χ0) is 17.8. The van der Waals surface area contributed by atoms with E-state index in [0.717, 1.165) is 28.3 Å². The minimum Gasteiger partial charge on any atom is -0.497 e. The summed E-state index contributed by atoms with van der Waals surface area (Å²) < 4.78 is 12.3. The summed E-state index contributed by atoms with van der Waals surface area (Å²) >= 11 is 0. The first kappa shape index (κ1) is 16.0. The van der Waals surface area contributed by atoms with Crippen molar-refractivity contribution in [3.05, 3.63) is 78.8 Å². The Morgan fingerprint density at radius 1 is 0.923 bits per heavy atom. The second-order valence-corrected chi connectivity index (χ2v) is 5.74. The van der Waals surface area contributed by atoms with Crippen LogP contribution in [0.15, 0.2) is 77.6 Å². The van der Waals surface area contributed by atoms with Crippen molar-refractivity contribution >= 4 is 0 Å². The largest absolute Gasteiger partial charge is 0.497 e. The van der Waals surface area contributed by atoms with E-state index in [-0.39, 0.29) is 0 Å². The Hall–Kier alpha value is -3.54. The van der Waals surface area contributed by atoms with Gasteiger partial charge in [0.15, 0.2) is 11.6 Å². The number of hydrogen-bond donors (Lipinski definition) is 1. The molecule has 4 aromatic rings. The minimum atomic E-state index is 0.618. The molecule has 0 amide bonds. The van der Waals surface area contributed by atoms with Gasteiger partial charge in [0.2, 0.25) is 0 Å². The molecule has 2 heterocycles. The molecule has 1 N–H and O–H groups in total. The molecule has 6 heteroatoms. The molecule has 2 aromatic heterocycles. The van der Waals surface area contributed by atoms with Crippen LogP contribution >= 0.6 is 0 Å². The van der Waals surface area contributed by atoms with Crippen LogP contribution in [0.5, 0.6) is 5.75 Å². The summed E-state index contributed by atoms with van der Waals surface area (Å²) in [6.07, 6.45) is 3.28. The number of ether oxygens (including phenoxy) is 1. The van der Waals surface area contributed by atoms with Gasteiger partial charge in [-0.3, -0.25) is 0 Å². The summed E-state index contributed by atoms with van der Waals surface area (Å²) in [5.74, 6) is 2.28. The molecule has 0 unspecified atom stereocenters. The molecule has 2 aromatic carbocycles. The van der Waals surface area contributed by atoms with Crippen LogP contribution in [0, 0.1) is 0 Å². The average molecular weight is 346 g/mol. The fraction of sp³-hybridized carbons (Fsp3) is 0.100. The smallest absolute Gasteiger partial charge is 0.186 e. The molecular formula is C20H18N4O2. The lowest BCUT2D eigenvalue weighted by Gasteiger charge is -2.13. The second-order valence-electron chi connectivity index (χ2n) is 5.74. The van der Waals surface area contributed by atoms with E-state index in [1.165, 1.54) is 0 Å². The van der Waals surface area contributed by atoms with Gasteiger partial charge in [-0.2, -0.15) is 0 Å². The van der Waals surface area contributed by atoms with Crippen molar-refractivity contribution in [2.24, 2.45) is 0 Å². The molecule has 0 spiro atoms. The van der Waals surface area contributed by atoms with Crippen LogP contribution in [0.3, 0.4) is 0 Å². The molecule has 0 aliphatic rings. The highest BCUT2D eigenvalue weighted by Gasteiger charge is 2.16. The zero-order valence-electron chi connectivity index (χ0n) is 14.3. The standard InChI is InChI=1S/C20H18N4O2/c1-25-18-9-7-15(8-10-18)13-21-24-19(16-5-3-2-4-6-16)22-23-20(24)17-11-12-26-14-17/h2-12,14,21H,13H2,1H3. The highest BCUT2D eigenvalue weighted by atomic mass is 16.5. The van der Waals surface area contributed by atoms with Gasteiger partial charge in [0.25, 0.3) is 0 Å². The molecule has 130 valence electrons. The normalized spacial score (nSPS) is 10.7. The molecule has 0 aliphatic heterocycles. The maximum absolute atomic E-state index is 5.21. The summed E-state index contributed by atoms with van der Waals surface area (Å²) in [6, 6.07) is 19.8. The van der Waals surface area contributed by atoms with E-state index >= 15 is 0 Å². The number of aromatic nitrogens is 3. The third-order valence-electron chi connectivity index (χ3n) is 4.07. The van der Waals surface area contributed by atoms with E-state index in [0.29, 0.717) is 12.4 Å². The number of benzene rings is 2. The van der Waals surface area contributed by atoms with Gasteiger partial charge < -0.3 is 14.6 Å². The monoisotopic (exact) mass is 346 g/mol. The van der Waals surface area contributed by atoms with Crippen LogP contribution in [0.1, 0.15) is 5.56 Å². The lowest BCUT2D eigenvalue weighted by Crippen LogP contribution is -2.17. The van der Waals surface area contributed by atoms with Gasteiger partial charge in [-0.05, 0) is 23.8 Å². The van der Waals surface area contributed by atoms with E-state index in [9.17, 15) is 0 Å². The van der Waals surface area contributed by atoms with Crippen LogP contribution in [0.2, 0.25) is 0 Å². The SMILES string of the molecule is COc1ccc(CNn2c(-c3ccccc3)nnc2-c2ccoc2)cc1. The molecule has 4 rings (SSSR count). The van der Waals surface area contributed by atoms with Crippen LogP contribution in [0.25, 0.3) is 22.8 Å². The first-order chi connectivity index (χ1) is 12.8. The highest BCUT2D eigenvalue weighted by Crippen LogP contribution is 2.24. The van der Waals surface area contributed by atoms with Crippen LogP contribution in [0.4, 0.5) is 0 Å². The fourth-order valence-electron chi connectivity index (χ4n) is 2.70. The molecule has 6 nitrogen and oxygen atoms in total. The maximum Gasteiger partial charge on any atom is 0.186 e.